The van der Waals surface area contributed by atoms with Gasteiger partial charge in [0.1, 0.15) is 6.23 Å². The average molecular weight is 171 g/mol. The predicted molar refractivity (Wildman–Crippen MR) is 34.8 cm³/mol. The lowest BCUT2D eigenvalue weighted by atomic mass is 10.2. The second-order valence-electron chi connectivity index (χ2n) is 2.52. The molecule has 0 saturated carbocycles. The minimum absolute atomic E-state index is 0.207. The summed E-state index contributed by atoms with van der Waals surface area (Å²) >= 11 is 0. The van der Waals surface area contributed by atoms with Gasteiger partial charge in [-0.2, -0.15) is 0 Å². The van der Waals surface area contributed by atoms with Gasteiger partial charge in [0, 0.05) is 0 Å². The van der Waals surface area contributed by atoms with Gasteiger partial charge in [0.2, 0.25) is 0 Å². The highest BCUT2D eigenvalue weighted by atomic mass is 19.4. The fourth-order valence-corrected chi connectivity index (χ4v) is 0.672. The first kappa shape index (κ1) is 10.7. The molecular weight excluding hydrogens is 159 g/mol. The molecule has 1 unspecified atom stereocenters. The van der Waals surface area contributed by atoms with Crippen LogP contribution in [0.2, 0.25) is 0 Å². The molecule has 0 aliphatic heterocycles. The van der Waals surface area contributed by atoms with E-state index in [1.807, 2.05) is 0 Å². The van der Waals surface area contributed by atoms with Gasteiger partial charge >= 0.3 is 6.36 Å². The van der Waals surface area contributed by atoms with Crippen LogP contribution < -0.4 is 5.32 Å². The molecule has 0 aromatic rings. The van der Waals surface area contributed by atoms with Crippen LogP contribution in [-0.4, -0.2) is 19.6 Å². The molecule has 0 aromatic heterocycles. The molecular formula is C6H12F3NO. The summed E-state index contributed by atoms with van der Waals surface area (Å²) in [6.45, 7) is 3.29. The van der Waals surface area contributed by atoms with E-state index >= 15 is 0 Å². The van der Waals surface area contributed by atoms with E-state index in [0.29, 0.717) is 0 Å². The number of alkyl halides is 3. The molecule has 0 rings (SSSR count). The van der Waals surface area contributed by atoms with Crippen molar-refractivity contribution in [1.29, 1.82) is 0 Å². The van der Waals surface area contributed by atoms with Gasteiger partial charge in [-0.05, 0) is 13.0 Å². The molecule has 0 fully saturated rings. The topological polar surface area (TPSA) is 21.3 Å². The molecule has 1 N–H and O–H groups in total. The fourth-order valence-electron chi connectivity index (χ4n) is 0.672. The van der Waals surface area contributed by atoms with Gasteiger partial charge in [0.15, 0.2) is 0 Å². The fraction of sp³-hybridized carbons (Fsp3) is 1.00. The molecule has 68 valence electrons. The summed E-state index contributed by atoms with van der Waals surface area (Å²) in [5.41, 5.74) is 0. The molecule has 0 aromatic carbocycles. The summed E-state index contributed by atoms with van der Waals surface area (Å²) in [6, 6.07) is 0. The van der Waals surface area contributed by atoms with Crippen molar-refractivity contribution in [1.82, 2.24) is 5.32 Å². The monoisotopic (exact) mass is 171 g/mol. The Balaban J connectivity index is 3.88. The highest BCUT2D eigenvalue weighted by molar-refractivity contribution is 4.56. The predicted octanol–water partition coefficient (Wildman–Crippen LogP) is 1.72. The van der Waals surface area contributed by atoms with Crippen molar-refractivity contribution < 1.29 is 17.9 Å². The van der Waals surface area contributed by atoms with Crippen molar-refractivity contribution in [3.05, 3.63) is 0 Å². The molecule has 0 radical (unpaired) electrons. The summed E-state index contributed by atoms with van der Waals surface area (Å²) in [5, 5.41) is 2.42. The number of ether oxygens (including phenoxy) is 1. The van der Waals surface area contributed by atoms with E-state index in [1.165, 1.54) is 7.05 Å². The van der Waals surface area contributed by atoms with Crippen molar-refractivity contribution in [3.63, 3.8) is 0 Å². The highest BCUT2D eigenvalue weighted by Crippen LogP contribution is 2.20. The maximum atomic E-state index is 11.6. The van der Waals surface area contributed by atoms with Crippen LogP contribution in [0.25, 0.3) is 0 Å². The Kier molecular flexibility index (Phi) is 3.82. The number of nitrogens with one attached hydrogen (secondary N) is 1. The third-order valence-corrected chi connectivity index (χ3v) is 1.15. The van der Waals surface area contributed by atoms with Crippen LogP contribution in [0.15, 0.2) is 0 Å². The molecule has 0 bridgehead atoms. The van der Waals surface area contributed by atoms with Gasteiger partial charge in [-0.3, -0.25) is 10.1 Å². The SMILES string of the molecule is CNC(OC(F)(F)F)C(C)C. The van der Waals surface area contributed by atoms with E-state index in [-0.39, 0.29) is 5.92 Å². The van der Waals surface area contributed by atoms with E-state index < -0.39 is 12.6 Å². The molecule has 0 aliphatic rings. The smallest absolute Gasteiger partial charge is 0.295 e. The summed E-state index contributed by atoms with van der Waals surface area (Å²) in [6.07, 6.45) is -5.52. The van der Waals surface area contributed by atoms with E-state index in [2.05, 4.69) is 10.1 Å². The molecule has 5 heteroatoms. The number of rotatable bonds is 3. The van der Waals surface area contributed by atoms with Crippen LogP contribution in [0.4, 0.5) is 13.2 Å². The molecule has 11 heavy (non-hydrogen) atoms. The first-order valence-corrected chi connectivity index (χ1v) is 3.28. The normalized spacial score (nSPS) is 15.5. The van der Waals surface area contributed by atoms with E-state index in [4.69, 9.17) is 0 Å². The molecule has 0 heterocycles. The van der Waals surface area contributed by atoms with Crippen molar-refractivity contribution in [2.75, 3.05) is 7.05 Å². The summed E-state index contributed by atoms with van der Waals surface area (Å²) in [5.74, 6) is -0.207. The van der Waals surface area contributed by atoms with Crippen molar-refractivity contribution >= 4 is 0 Å². The minimum Gasteiger partial charge on any atom is -0.295 e. The van der Waals surface area contributed by atoms with Crippen LogP contribution in [0.5, 0.6) is 0 Å². The van der Waals surface area contributed by atoms with Crippen LogP contribution in [0.3, 0.4) is 0 Å². The minimum atomic E-state index is -4.56. The zero-order valence-electron chi connectivity index (χ0n) is 6.70. The van der Waals surface area contributed by atoms with Gasteiger partial charge in [0.05, 0.1) is 0 Å². The molecule has 2 nitrogen and oxygen atoms in total. The third-order valence-electron chi connectivity index (χ3n) is 1.15. The standard InChI is InChI=1S/C6H12F3NO/c1-4(2)5(10-3)11-6(7,8)9/h4-5,10H,1-3H3. The maximum Gasteiger partial charge on any atom is 0.524 e. The Labute approximate surface area is 63.7 Å². The third kappa shape index (κ3) is 5.03. The molecule has 1 atom stereocenters. The second-order valence-corrected chi connectivity index (χ2v) is 2.52. The van der Waals surface area contributed by atoms with Gasteiger partial charge in [-0.15, -0.1) is 13.2 Å². The van der Waals surface area contributed by atoms with E-state index in [1.54, 1.807) is 13.8 Å². The summed E-state index contributed by atoms with van der Waals surface area (Å²) < 4.78 is 38.5. The van der Waals surface area contributed by atoms with Crippen LogP contribution in [-0.2, 0) is 4.74 Å². The number of hydrogen-bond acceptors (Lipinski definition) is 2. The Hall–Kier alpha value is -0.290. The largest absolute Gasteiger partial charge is 0.524 e. The first-order valence-electron chi connectivity index (χ1n) is 3.28. The molecule has 0 spiro atoms. The van der Waals surface area contributed by atoms with Crippen molar-refractivity contribution in [2.45, 2.75) is 26.4 Å². The van der Waals surface area contributed by atoms with Crippen LogP contribution >= 0.6 is 0 Å². The van der Waals surface area contributed by atoms with E-state index in [9.17, 15) is 13.2 Å². The first-order chi connectivity index (χ1) is 4.87. The number of hydrogen-bond donors (Lipinski definition) is 1. The zero-order chi connectivity index (χ0) is 9.07. The summed E-state index contributed by atoms with van der Waals surface area (Å²) in [4.78, 5) is 0. The van der Waals surface area contributed by atoms with Crippen LogP contribution in [0.1, 0.15) is 13.8 Å². The van der Waals surface area contributed by atoms with Gasteiger partial charge < -0.3 is 0 Å². The molecule has 0 aliphatic carbocycles. The quantitative estimate of drug-likeness (QED) is 0.653. The van der Waals surface area contributed by atoms with Crippen molar-refractivity contribution in [3.8, 4) is 0 Å². The maximum absolute atomic E-state index is 11.6. The Morgan fingerprint density at radius 2 is 1.73 bits per heavy atom. The second kappa shape index (κ2) is 3.92. The lowest BCUT2D eigenvalue weighted by Crippen LogP contribution is -2.38. The number of halogens is 3. The van der Waals surface area contributed by atoms with E-state index in [0.717, 1.165) is 0 Å². The average Bonchev–Trinajstić information content (AvgIpc) is 1.80. The van der Waals surface area contributed by atoms with Crippen LogP contribution in [0, 0.1) is 5.92 Å². The Bertz CT molecular complexity index is 113. The summed E-state index contributed by atoms with van der Waals surface area (Å²) in [7, 11) is 1.43. The molecule has 0 saturated heterocycles. The highest BCUT2D eigenvalue weighted by Gasteiger charge is 2.33. The zero-order valence-corrected chi connectivity index (χ0v) is 6.70. The Morgan fingerprint density at radius 1 is 1.27 bits per heavy atom. The lowest BCUT2D eigenvalue weighted by Gasteiger charge is -2.21. The van der Waals surface area contributed by atoms with Gasteiger partial charge in [-0.1, -0.05) is 13.8 Å². The molecule has 0 amide bonds. The lowest BCUT2D eigenvalue weighted by molar-refractivity contribution is -0.350. The van der Waals surface area contributed by atoms with Gasteiger partial charge in [-0.25, -0.2) is 0 Å². The van der Waals surface area contributed by atoms with Gasteiger partial charge in [0.25, 0.3) is 0 Å². The van der Waals surface area contributed by atoms with Crippen molar-refractivity contribution in [2.24, 2.45) is 5.92 Å². The Morgan fingerprint density at radius 3 is 1.82 bits per heavy atom.